The Balaban J connectivity index is 1.91. The van der Waals surface area contributed by atoms with Gasteiger partial charge in [0.2, 0.25) is 11.8 Å². The highest BCUT2D eigenvalue weighted by Crippen LogP contribution is 2.22. The summed E-state index contributed by atoms with van der Waals surface area (Å²) in [6, 6.07) is 12.6. The van der Waals surface area contributed by atoms with E-state index in [0.717, 1.165) is 29.5 Å². The summed E-state index contributed by atoms with van der Waals surface area (Å²) in [5, 5.41) is 15.5. The lowest BCUT2D eigenvalue weighted by molar-refractivity contribution is -0.133. The molecule has 0 radical (unpaired) electrons. The minimum Gasteiger partial charge on any atom is -0.508 e. The van der Waals surface area contributed by atoms with E-state index in [1.165, 1.54) is 5.56 Å². The summed E-state index contributed by atoms with van der Waals surface area (Å²) in [6.45, 7) is 7.89. The quantitative estimate of drug-likeness (QED) is 0.439. The first-order valence-electron chi connectivity index (χ1n) is 10.8. The molecule has 6 nitrogen and oxygen atoms in total. The number of amides is 2. The van der Waals surface area contributed by atoms with Gasteiger partial charge in [0.05, 0.1) is 6.04 Å². The summed E-state index contributed by atoms with van der Waals surface area (Å²) < 4.78 is 0. The zero-order valence-electron chi connectivity index (χ0n) is 19.0. The number of carbonyl (C=O) groups excluding carboxylic acids is 2. The zero-order chi connectivity index (χ0) is 23.0. The maximum absolute atomic E-state index is 12.8. The summed E-state index contributed by atoms with van der Waals surface area (Å²) in [6.07, 6.45) is 2.49. The third-order valence-electron chi connectivity index (χ3n) is 5.82. The fourth-order valence-corrected chi connectivity index (χ4v) is 3.61. The molecule has 2 aromatic rings. The van der Waals surface area contributed by atoms with E-state index in [4.69, 9.17) is 5.73 Å². The van der Waals surface area contributed by atoms with Gasteiger partial charge < -0.3 is 21.5 Å². The number of rotatable bonds is 10. The minimum atomic E-state index is -1.03. The molecule has 168 valence electrons. The Bertz CT molecular complexity index is 875. The van der Waals surface area contributed by atoms with Crippen molar-refractivity contribution in [2.24, 2.45) is 5.73 Å². The van der Waals surface area contributed by atoms with Gasteiger partial charge in [0, 0.05) is 6.54 Å². The van der Waals surface area contributed by atoms with Crippen molar-refractivity contribution < 1.29 is 14.7 Å². The molecule has 6 heteroatoms. The maximum atomic E-state index is 12.8. The number of aryl methyl sites for hydroxylation is 3. The first kappa shape index (κ1) is 24.4. The van der Waals surface area contributed by atoms with E-state index in [1.54, 1.807) is 19.1 Å². The predicted octanol–water partition coefficient (Wildman–Crippen LogP) is 2.91. The van der Waals surface area contributed by atoms with Gasteiger partial charge in [-0.05, 0) is 80.8 Å². The van der Waals surface area contributed by atoms with Gasteiger partial charge in [0.1, 0.15) is 11.3 Å². The second-order valence-corrected chi connectivity index (χ2v) is 8.39. The van der Waals surface area contributed by atoms with Crippen molar-refractivity contribution in [3.05, 3.63) is 64.7 Å². The average Bonchev–Trinajstić information content (AvgIpc) is 2.73. The van der Waals surface area contributed by atoms with E-state index in [2.05, 4.69) is 22.8 Å². The molecular formula is C25H35N3O3. The van der Waals surface area contributed by atoms with E-state index in [9.17, 15) is 14.7 Å². The number of carbonyl (C=O) groups is 2. The predicted molar refractivity (Wildman–Crippen MR) is 124 cm³/mol. The van der Waals surface area contributed by atoms with Crippen LogP contribution in [-0.2, 0) is 22.4 Å². The molecule has 0 heterocycles. The van der Waals surface area contributed by atoms with Gasteiger partial charge in [0.15, 0.2) is 0 Å². The summed E-state index contributed by atoms with van der Waals surface area (Å²) in [7, 11) is 0. The number of aromatic hydroxyl groups is 1. The van der Waals surface area contributed by atoms with E-state index in [0.29, 0.717) is 19.4 Å². The van der Waals surface area contributed by atoms with Crippen molar-refractivity contribution in [2.75, 3.05) is 6.54 Å². The smallest absolute Gasteiger partial charge is 0.245 e. The zero-order valence-corrected chi connectivity index (χ0v) is 19.0. The molecule has 0 fully saturated rings. The van der Waals surface area contributed by atoms with Crippen molar-refractivity contribution in [1.82, 2.24) is 10.6 Å². The van der Waals surface area contributed by atoms with Gasteiger partial charge in [-0.3, -0.25) is 9.59 Å². The first-order valence-corrected chi connectivity index (χ1v) is 10.8. The molecule has 2 aromatic carbocycles. The highest BCUT2D eigenvalue weighted by Gasteiger charge is 2.34. The van der Waals surface area contributed by atoms with Gasteiger partial charge in [-0.1, -0.05) is 37.3 Å². The van der Waals surface area contributed by atoms with Crippen molar-refractivity contribution in [3.63, 3.8) is 0 Å². The molecule has 0 spiro atoms. The normalized spacial score (nSPS) is 13.8. The lowest BCUT2D eigenvalue weighted by atomic mass is 9.93. The van der Waals surface area contributed by atoms with E-state index in [1.807, 2.05) is 39.0 Å². The monoisotopic (exact) mass is 425 g/mol. The van der Waals surface area contributed by atoms with Gasteiger partial charge in [-0.2, -0.15) is 0 Å². The van der Waals surface area contributed by atoms with Gasteiger partial charge >= 0.3 is 0 Å². The van der Waals surface area contributed by atoms with Crippen molar-refractivity contribution in [3.8, 4) is 5.75 Å². The molecule has 5 N–H and O–H groups in total. The van der Waals surface area contributed by atoms with Crippen molar-refractivity contribution in [1.29, 1.82) is 0 Å². The van der Waals surface area contributed by atoms with Crippen LogP contribution in [0.25, 0.3) is 0 Å². The number of phenols is 1. The lowest BCUT2D eigenvalue weighted by Crippen LogP contribution is -2.59. The van der Waals surface area contributed by atoms with Crippen LogP contribution in [0.2, 0.25) is 0 Å². The summed E-state index contributed by atoms with van der Waals surface area (Å²) in [5.41, 5.74) is 9.07. The SMILES string of the molecule is CC[C@@](C)(NC(=O)[C@@H](N)Cc1c(C)cc(O)cc1C)C(=O)NCCCc1ccccc1. The van der Waals surface area contributed by atoms with Crippen LogP contribution >= 0.6 is 0 Å². The Kier molecular flexibility index (Phi) is 8.63. The molecule has 0 aromatic heterocycles. The van der Waals surface area contributed by atoms with Crippen molar-refractivity contribution in [2.45, 2.75) is 65.0 Å². The average molecular weight is 426 g/mol. The second-order valence-electron chi connectivity index (χ2n) is 8.39. The molecule has 2 rings (SSSR count). The standard InChI is InChI=1S/C25H35N3O3/c1-5-25(4,24(31)27-13-9-12-19-10-7-6-8-11-19)28-23(30)22(26)16-21-17(2)14-20(29)15-18(21)3/h6-8,10-11,14-15,22,29H,5,9,12-13,16,26H2,1-4H3,(H,27,31)(H,28,30)/t22-,25+/m0/s1. The molecule has 0 aliphatic heterocycles. The molecule has 0 bridgehead atoms. The molecule has 0 saturated heterocycles. The highest BCUT2D eigenvalue weighted by atomic mass is 16.3. The Labute approximate surface area is 185 Å². The largest absolute Gasteiger partial charge is 0.508 e. The molecule has 2 amide bonds. The van der Waals surface area contributed by atoms with E-state index >= 15 is 0 Å². The highest BCUT2D eigenvalue weighted by molar-refractivity contribution is 5.92. The van der Waals surface area contributed by atoms with Crippen LogP contribution in [-0.4, -0.2) is 35.0 Å². The van der Waals surface area contributed by atoms with Crippen LogP contribution in [0.1, 0.15) is 48.9 Å². The Morgan fingerprint density at radius 3 is 2.32 bits per heavy atom. The van der Waals surface area contributed by atoms with Crippen LogP contribution in [0.3, 0.4) is 0 Å². The van der Waals surface area contributed by atoms with Crippen molar-refractivity contribution >= 4 is 11.8 Å². The Morgan fingerprint density at radius 1 is 1.13 bits per heavy atom. The van der Waals surface area contributed by atoms with Gasteiger partial charge in [-0.15, -0.1) is 0 Å². The first-order chi connectivity index (χ1) is 14.7. The number of benzene rings is 2. The molecule has 0 aliphatic rings. The number of hydrogen-bond acceptors (Lipinski definition) is 4. The Morgan fingerprint density at radius 2 is 1.74 bits per heavy atom. The summed E-state index contributed by atoms with van der Waals surface area (Å²) in [5.74, 6) is -0.379. The third kappa shape index (κ3) is 6.82. The van der Waals surface area contributed by atoms with Gasteiger partial charge in [0.25, 0.3) is 0 Å². The van der Waals surface area contributed by atoms with Gasteiger partial charge in [-0.25, -0.2) is 0 Å². The number of nitrogens with one attached hydrogen (secondary N) is 2. The van der Waals surface area contributed by atoms with Crippen LogP contribution < -0.4 is 16.4 Å². The fraction of sp³-hybridized carbons (Fsp3) is 0.440. The molecule has 2 atom stereocenters. The van der Waals surface area contributed by atoms with E-state index in [-0.39, 0.29) is 17.6 Å². The fourth-order valence-electron chi connectivity index (χ4n) is 3.61. The van der Waals surface area contributed by atoms with Crippen LogP contribution in [0.4, 0.5) is 0 Å². The minimum absolute atomic E-state index is 0.194. The molecule has 0 saturated carbocycles. The number of phenolic OH excluding ortho intramolecular Hbond substituents is 1. The van der Waals surface area contributed by atoms with Crippen LogP contribution in [0, 0.1) is 13.8 Å². The topological polar surface area (TPSA) is 104 Å². The number of hydrogen-bond donors (Lipinski definition) is 4. The molecule has 0 aliphatic carbocycles. The summed E-state index contributed by atoms with van der Waals surface area (Å²) >= 11 is 0. The van der Waals surface area contributed by atoms with E-state index < -0.39 is 11.6 Å². The molecule has 0 unspecified atom stereocenters. The molecule has 31 heavy (non-hydrogen) atoms. The van der Waals surface area contributed by atoms with Crippen LogP contribution in [0.5, 0.6) is 5.75 Å². The summed E-state index contributed by atoms with van der Waals surface area (Å²) in [4.78, 5) is 25.5. The molecular weight excluding hydrogens is 390 g/mol. The number of nitrogens with two attached hydrogens (primary N) is 1. The second kappa shape index (κ2) is 11.0. The lowest BCUT2D eigenvalue weighted by Gasteiger charge is -2.30. The maximum Gasteiger partial charge on any atom is 0.245 e. The third-order valence-corrected chi connectivity index (χ3v) is 5.82. The Hall–Kier alpha value is -2.86. The van der Waals surface area contributed by atoms with Crippen LogP contribution in [0.15, 0.2) is 42.5 Å².